The van der Waals surface area contributed by atoms with Crippen molar-refractivity contribution in [2.75, 3.05) is 13.2 Å². The number of aryl methyl sites for hydroxylation is 3. The molecule has 10 rings (SSSR count). The van der Waals surface area contributed by atoms with E-state index in [2.05, 4.69) is 205 Å². The summed E-state index contributed by atoms with van der Waals surface area (Å²) in [7, 11) is 0. The van der Waals surface area contributed by atoms with Crippen LogP contribution in [-0.4, -0.2) is 32.6 Å². The fourth-order valence-corrected chi connectivity index (χ4v) is 11.7. The van der Waals surface area contributed by atoms with E-state index in [1.54, 1.807) is 0 Å². The number of fused-ring (bicyclic) bond motifs is 6. The highest BCUT2D eigenvalue weighted by molar-refractivity contribution is 6.11. The largest absolute Gasteiger partial charge is 0.505 e. The average Bonchev–Trinajstić information content (AvgIpc) is 1.82. The van der Waals surface area contributed by atoms with Crippen molar-refractivity contribution in [3.63, 3.8) is 0 Å². The maximum Gasteiger partial charge on any atom is 0.147 e. The van der Waals surface area contributed by atoms with E-state index in [0.717, 1.165) is 61.2 Å². The maximum absolute atomic E-state index is 16.0. The average molecular weight is 1120 g/mol. The molecule has 0 fully saturated rings. The SMILES string of the molecule is CCc1ccc2c3ccc(C(C)(C)C)cc3n(-c3cc(C(C)(C)C)cc(-c4cc(F)cc(C)c4OCCCOc4c(C)cc(F)cc4-c4cc(C(C)(C)C)cc(-n5c6cc(C(C)(C)C)ccc6c6ccc(C(C)(C)C)cc65)c4O)c3O)c2c1. The van der Waals surface area contributed by atoms with E-state index in [0.29, 0.717) is 62.7 Å². The van der Waals surface area contributed by atoms with Crippen LogP contribution in [0.1, 0.15) is 162 Å². The third-order valence-corrected chi connectivity index (χ3v) is 16.8. The molecular weight excluding hydrogens is 1030 g/mol. The van der Waals surface area contributed by atoms with Crippen molar-refractivity contribution in [3.8, 4) is 56.6 Å². The third kappa shape index (κ3) is 11.0. The van der Waals surface area contributed by atoms with Gasteiger partial charge in [0.25, 0.3) is 0 Å². The molecule has 0 saturated carbocycles. The van der Waals surface area contributed by atoms with Gasteiger partial charge in [0, 0.05) is 50.2 Å². The predicted molar refractivity (Wildman–Crippen MR) is 344 cm³/mol. The summed E-state index contributed by atoms with van der Waals surface area (Å²) >= 11 is 0. The van der Waals surface area contributed by atoms with Gasteiger partial charge in [0.1, 0.15) is 34.6 Å². The zero-order valence-electron chi connectivity index (χ0n) is 52.2. The summed E-state index contributed by atoms with van der Waals surface area (Å²) < 4.78 is 49.7. The first-order valence-electron chi connectivity index (χ1n) is 29.5. The molecule has 0 spiro atoms. The van der Waals surface area contributed by atoms with Gasteiger partial charge in [-0.05, 0) is 165 Å². The number of hydrogen-bond donors (Lipinski definition) is 2. The highest BCUT2D eigenvalue weighted by atomic mass is 19.1. The highest BCUT2D eigenvalue weighted by Crippen LogP contribution is 2.49. The summed E-state index contributed by atoms with van der Waals surface area (Å²) in [5, 5.41) is 30.1. The number of rotatable bonds is 11. The van der Waals surface area contributed by atoms with Crippen LogP contribution < -0.4 is 9.47 Å². The number of nitrogens with zero attached hydrogens (tertiary/aromatic N) is 2. The standard InChI is InChI=1S/C75H84F2N2O4/c1-19-45-21-25-53-54-26-22-46(71(4,5)6)36-62(54)78(61(53)33-45)65-39-49(74(13,14)15)34-57(67(65)80)59-41-51(76)31-43(2)69(59)82-29-20-30-83-70-44(3)32-52(77)42-60(70)58-35-50(75(16,17)18)40-66(68(58)81)79-63-37-47(72(7,8)9)23-27-55(63)56-28-24-48(38-64(56)79)73(10,11)12/h21-28,31-42,80-81H,19-20,29-30H2,1-18H3. The van der Waals surface area contributed by atoms with Crippen molar-refractivity contribution in [1.82, 2.24) is 9.13 Å². The topological polar surface area (TPSA) is 68.8 Å². The minimum absolute atomic E-state index is 0.0112. The number of phenols is 2. The molecule has 6 nitrogen and oxygen atoms in total. The monoisotopic (exact) mass is 1110 g/mol. The summed E-state index contributed by atoms with van der Waals surface area (Å²) in [6, 6.07) is 40.4. The van der Waals surface area contributed by atoms with Gasteiger partial charge < -0.3 is 28.8 Å². The number of halogens is 2. The molecular formula is C75H84F2N2O4. The van der Waals surface area contributed by atoms with Crippen LogP contribution in [0.4, 0.5) is 8.78 Å². The Bertz CT molecular complexity index is 4120. The molecule has 83 heavy (non-hydrogen) atoms. The molecule has 0 radical (unpaired) electrons. The molecule has 8 aromatic carbocycles. The molecule has 0 aliphatic carbocycles. The Kier molecular flexibility index (Phi) is 14.8. The van der Waals surface area contributed by atoms with Gasteiger partial charge in [-0.3, -0.25) is 0 Å². The second kappa shape index (κ2) is 20.9. The van der Waals surface area contributed by atoms with Gasteiger partial charge in [-0.25, -0.2) is 8.78 Å². The van der Waals surface area contributed by atoms with Gasteiger partial charge in [-0.15, -0.1) is 0 Å². The van der Waals surface area contributed by atoms with Gasteiger partial charge >= 0.3 is 0 Å². The normalized spacial score (nSPS) is 12.9. The van der Waals surface area contributed by atoms with E-state index < -0.39 is 11.6 Å². The molecule has 0 amide bonds. The quantitative estimate of drug-likeness (QED) is 0.127. The van der Waals surface area contributed by atoms with Crippen molar-refractivity contribution in [2.24, 2.45) is 0 Å². The maximum atomic E-state index is 16.0. The first kappa shape index (κ1) is 58.6. The van der Waals surface area contributed by atoms with Crippen LogP contribution >= 0.6 is 0 Å². The summed E-state index contributed by atoms with van der Waals surface area (Å²) in [4.78, 5) is 0. The molecule has 0 unspecified atom stereocenters. The molecule has 0 aliphatic rings. The summed E-state index contributed by atoms with van der Waals surface area (Å²) in [5.74, 6) is 0.0362. The Hall–Kier alpha value is -7.58. The van der Waals surface area contributed by atoms with Crippen LogP contribution in [0, 0.1) is 25.5 Å². The van der Waals surface area contributed by atoms with E-state index >= 15 is 8.78 Å². The third-order valence-electron chi connectivity index (χ3n) is 16.8. The summed E-state index contributed by atoms with van der Waals surface area (Å²) in [5.41, 5.74) is 13.5. The van der Waals surface area contributed by atoms with Crippen LogP contribution in [0.25, 0.3) is 77.2 Å². The van der Waals surface area contributed by atoms with Gasteiger partial charge in [0.15, 0.2) is 0 Å². The second-order valence-corrected chi connectivity index (χ2v) is 28.4. The molecule has 10 aromatic rings. The van der Waals surface area contributed by atoms with E-state index in [4.69, 9.17) is 9.47 Å². The first-order valence-corrected chi connectivity index (χ1v) is 29.5. The number of aromatic nitrogens is 2. The molecule has 2 aromatic heterocycles. The molecule has 2 heterocycles. The number of hydrogen-bond acceptors (Lipinski definition) is 4. The lowest BCUT2D eigenvalue weighted by Gasteiger charge is -2.25. The van der Waals surface area contributed by atoms with Crippen LogP contribution in [-0.2, 0) is 33.5 Å². The Morgan fingerprint density at radius 3 is 1.04 bits per heavy atom. The van der Waals surface area contributed by atoms with Crippen molar-refractivity contribution in [2.45, 2.75) is 165 Å². The van der Waals surface area contributed by atoms with E-state index in [1.165, 1.54) is 46.5 Å². The highest BCUT2D eigenvalue weighted by Gasteiger charge is 2.30. The molecule has 8 heteroatoms. The van der Waals surface area contributed by atoms with E-state index in [9.17, 15) is 10.2 Å². The Morgan fingerprint density at radius 1 is 0.386 bits per heavy atom. The van der Waals surface area contributed by atoms with Crippen LogP contribution in [0.3, 0.4) is 0 Å². The minimum Gasteiger partial charge on any atom is -0.505 e. The number of ether oxygens (including phenoxy) is 2. The Morgan fingerprint density at radius 2 is 0.711 bits per heavy atom. The van der Waals surface area contributed by atoms with Crippen molar-refractivity contribution >= 4 is 43.6 Å². The molecule has 0 aliphatic heterocycles. The molecule has 0 atom stereocenters. The number of aromatic hydroxyl groups is 2. The zero-order valence-corrected chi connectivity index (χ0v) is 52.2. The van der Waals surface area contributed by atoms with Crippen LogP contribution in [0.2, 0.25) is 0 Å². The summed E-state index contributed by atoms with van der Waals surface area (Å²) in [6.45, 7) is 38.9. The Balaban J connectivity index is 1.03. The molecule has 0 saturated heterocycles. The van der Waals surface area contributed by atoms with Crippen LogP contribution in [0.5, 0.6) is 23.0 Å². The van der Waals surface area contributed by atoms with Crippen molar-refractivity contribution < 1.29 is 28.5 Å². The lowest BCUT2D eigenvalue weighted by Crippen LogP contribution is -2.13. The molecule has 432 valence electrons. The molecule has 2 N–H and O–H groups in total. The molecule has 0 bridgehead atoms. The second-order valence-electron chi connectivity index (χ2n) is 28.4. The summed E-state index contributed by atoms with van der Waals surface area (Å²) in [6.07, 6.45) is 1.25. The predicted octanol–water partition coefficient (Wildman–Crippen LogP) is 20.4. The first-order chi connectivity index (χ1) is 38.7. The zero-order chi connectivity index (χ0) is 60.2. The number of benzene rings is 8. The fourth-order valence-electron chi connectivity index (χ4n) is 11.7. The minimum atomic E-state index is -0.448. The van der Waals surface area contributed by atoms with Gasteiger partial charge in [-0.2, -0.15) is 0 Å². The smallest absolute Gasteiger partial charge is 0.147 e. The van der Waals surface area contributed by atoms with Crippen molar-refractivity contribution in [3.05, 3.63) is 177 Å². The van der Waals surface area contributed by atoms with Crippen molar-refractivity contribution in [1.29, 1.82) is 0 Å². The Labute approximate surface area is 490 Å². The lowest BCUT2D eigenvalue weighted by molar-refractivity contribution is 0.246. The number of phenolic OH excluding ortho intramolecular Hbond substituents is 2. The van der Waals surface area contributed by atoms with E-state index in [-0.39, 0.29) is 51.8 Å². The van der Waals surface area contributed by atoms with Gasteiger partial charge in [-0.1, -0.05) is 159 Å². The van der Waals surface area contributed by atoms with Gasteiger partial charge in [0.2, 0.25) is 0 Å². The van der Waals surface area contributed by atoms with Gasteiger partial charge in [0.05, 0.1) is 46.7 Å². The fraction of sp³-hybridized carbons (Fsp3) is 0.360. The van der Waals surface area contributed by atoms with Crippen LogP contribution in [0.15, 0.2) is 121 Å². The lowest BCUT2D eigenvalue weighted by atomic mass is 9.84. The van der Waals surface area contributed by atoms with E-state index in [1.807, 2.05) is 26.0 Å².